The number of amides is 1. The number of hydrogen-bond acceptors (Lipinski definition) is 5. The number of anilines is 2. The Bertz CT molecular complexity index is 470. The SMILES string of the molecule is O=C1CC2CSCCN2c2nc(Cl)ncc2N1. The lowest BCUT2D eigenvalue weighted by atomic mass is 10.2. The fourth-order valence-electron chi connectivity index (χ4n) is 2.18. The van der Waals surface area contributed by atoms with E-state index in [1.165, 1.54) is 0 Å². The van der Waals surface area contributed by atoms with Crippen LogP contribution in [0.4, 0.5) is 11.5 Å². The number of rotatable bonds is 0. The molecule has 90 valence electrons. The Hall–Kier alpha value is -1.01. The fraction of sp³-hybridized carbons (Fsp3) is 0.500. The van der Waals surface area contributed by atoms with E-state index in [9.17, 15) is 4.79 Å². The number of hydrogen-bond donors (Lipinski definition) is 1. The average molecular weight is 271 g/mol. The summed E-state index contributed by atoms with van der Waals surface area (Å²) >= 11 is 7.70. The van der Waals surface area contributed by atoms with Crippen molar-refractivity contribution in [2.45, 2.75) is 12.5 Å². The molecule has 0 aliphatic carbocycles. The molecule has 1 unspecified atom stereocenters. The predicted octanol–water partition coefficient (Wildman–Crippen LogP) is 1.39. The lowest BCUT2D eigenvalue weighted by Crippen LogP contribution is -2.43. The summed E-state index contributed by atoms with van der Waals surface area (Å²) in [7, 11) is 0. The molecule has 0 aromatic carbocycles. The first kappa shape index (κ1) is 11.1. The topological polar surface area (TPSA) is 58.1 Å². The summed E-state index contributed by atoms with van der Waals surface area (Å²) in [5.74, 6) is 2.77. The molecule has 5 nitrogen and oxygen atoms in total. The minimum Gasteiger partial charge on any atom is -0.350 e. The number of carbonyl (C=O) groups excluding carboxylic acids is 1. The molecule has 3 heterocycles. The zero-order valence-electron chi connectivity index (χ0n) is 9.02. The molecule has 1 N–H and O–H groups in total. The summed E-state index contributed by atoms with van der Waals surface area (Å²) in [4.78, 5) is 22.1. The van der Waals surface area contributed by atoms with Gasteiger partial charge in [0.15, 0.2) is 5.82 Å². The van der Waals surface area contributed by atoms with Gasteiger partial charge >= 0.3 is 0 Å². The minimum atomic E-state index is 0.0205. The van der Waals surface area contributed by atoms with Crippen LogP contribution in [0.1, 0.15) is 6.42 Å². The predicted molar refractivity (Wildman–Crippen MR) is 68.7 cm³/mol. The van der Waals surface area contributed by atoms with E-state index in [4.69, 9.17) is 11.6 Å². The zero-order chi connectivity index (χ0) is 11.8. The smallest absolute Gasteiger partial charge is 0.226 e. The second kappa shape index (κ2) is 4.34. The van der Waals surface area contributed by atoms with E-state index in [-0.39, 0.29) is 17.2 Å². The van der Waals surface area contributed by atoms with Gasteiger partial charge in [0.1, 0.15) is 5.69 Å². The van der Waals surface area contributed by atoms with Crippen LogP contribution in [0.15, 0.2) is 6.20 Å². The number of thioether (sulfide) groups is 1. The van der Waals surface area contributed by atoms with Gasteiger partial charge in [-0.2, -0.15) is 16.7 Å². The Balaban J connectivity index is 2.07. The van der Waals surface area contributed by atoms with Gasteiger partial charge in [-0.3, -0.25) is 4.79 Å². The normalized spacial score (nSPS) is 23.5. The molecule has 0 saturated carbocycles. The second-order valence-corrected chi connectivity index (χ2v) is 5.54. The van der Waals surface area contributed by atoms with Crippen LogP contribution in [0.3, 0.4) is 0 Å². The summed E-state index contributed by atoms with van der Waals surface area (Å²) in [5.41, 5.74) is 0.661. The van der Waals surface area contributed by atoms with Crippen molar-refractivity contribution in [2.24, 2.45) is 0 Å². The summed E-state index contributed by atoms with van der Waals surface area (Å²) in [6.07, 6.45) is 2.08. The molecular weight excluding hydrogens is 260 g/mol. The molecule has 0 spiro atoms. The van der Waals surface area contributed by atoms with E-state index in [0.29, 0.717) is 12.1 Å². The molecule has 1 aromatic heterocycles. The molecule has 3 rings (SSSR count). The van der Waals surface area contributed by atoms with Gasteiger partial charge in [-0.1, -0.05) is 0 Å². The summed E-state index contributed by atoms with van der Waals surface area (Å²) < 4.78 is 0. The summed E-state index contributed by atoms with van der Waals surface area (Å²) in [6.45, 7) is 0.893. The molecule has 7 heteroatoms. The molecule has 1 fully saturated rings. The van der Waals surface area contributed by atoms with Gasteiger partial charge in [-0.25, -0.2) is 4.98 Å². The Labute approximate surface area is 108 Å². The molecule has 2 aliphatic heterocycles. The van der Waals surface area contributed by atoms with Gasteiger partial charge < -0.3 is 10.2 Å². The summed E-state index contributed by atoms with van der Waals surface area (Å²) in [6, 6.07) is 0.209. The van der Waals surface area contributed by atoms with E-state index in [2.05, 4.69) is 20.2 Å². The average Bonchev–Trinajstić information content (AvgIpc) is 2.45. The van der Waals surface area contributed by atoms with Gasteiger partial charge in [0.2, 0.25) is 11.2 Å². The molecule has 1 amide bonds. The van der Waals surface area contributed by atoms with E-state index in [0.717, 1.165) is 23.9 Å². The highest BCUT2D eigenvalue weighted by atomic mass is 35.5. The quantitative estimate of drug-likeness (QED) is 0.722. The van der Waals surface area contributed by atoms with Crippen molar-refractivity contribution < 1.29 is 4.79 Å². The van der Waals surface area contributed by atoms with Crippen molar-refractivity contribution in [3.63, 3.8) is 0 Å². The van der Waals surface area contributed by atoms with Gasteiger partial charge in [-0.05, 0) is 11.6 Å². The number of carbonyl (C=O) groups is 1. The number of fused-ring (bicyclic) bond motifs is 3. The van der Waals surface area contributed by atoms with Crippen LogP contribution < -0.4 is 10.2 Å². The van der Waals surface area contributed by atoms with Crippen molar-refractivity contribution >= 4 is 40.8 Å². The largest absolute Gasteiger partial charge is 0.350 e. The maximum absolute atomic E-state index is 11.8. The van der Waals surface area contributed by atoms with Crippen molar-refractivity contribution in [3.05, 3.63) is 11.5 Å². The third-order valence-electron chi connectivity index (χ3n) is 2.93. The van der Waals surface area contributed by atoms with Crippen LogP contribution in [0.25, 0.3) is 0 Å². The van der Waals surface area contributed by atoms with Crippen LogP contribution in [0.5, 0.6) is 0 Å². The van der Waals surface area contributed by atoms with Gasteiger partial charge in [0, 0.05) is 30.5 Å². The van der Waals surface area contributed by atoms with Gasteiger partial charge in [0.05, 0.1) is 6.20 Å². The monoisotopic (exact) mass is 270 g/mol. The van der Waals surface area contributed by atoms with Crippen molar-refractivity contribution in [2.75, 3.05) is 28.3 Å². The Morgan fingerprint density at radius 2 is 2.47 bits per heavy atom. The van der Waals surface area contributed by atoms with E-state index in [1.807, 2.05) is 11.8 Å². The summed E-state index contributed by atoms with van der Waals surface area (Å²) in [5, 5.41) is 3.05. The maximum atomic E-state index is 11.8. The highest BCUT2D eigenvalue weighted by Crippen LogP contribution is 2.33. The van der Waals surface area contributed by atoms with Crippen molar-refractivity contribution in [1.82, 2.24) is 9.97 Å². The third-order valence-corrected chi connectivity index (χ3v) is 4.21. The van der Waals surface area contributed by atoms with Crippen LogP contribution in [0, 0.1) is 0 Å². The van der Waals surface area contributed by atoms with E-state index in [1.54, 1.807) is 6.20 Å². The fourth-order valence-corrected chi connectivity index (χ4v) is 3.37. The van der Waals surface area contributed by atoms with Crippen LogP contribution in [-0.2, 0) is 4.79 Å². The van der Waals surface area contributed by atoms with Gasteiger partial charge in [0.25, 0.3) is 0 Å². The maximum Gasteiger partial charge on any atom is 0.226 e. The first-order chi connectivity index (χ1) is 8.24. The second-order valence-electron chi connectivity index (χ2n) is 4.05. The Kier molecular flexibility index (Phi) is 2.84. The molecule has 1 aromatic rings. The van der Waals surface area contributed by atoms with Gasteiger partial charge in [-0.15, -0.1) is 0 Å². The third kappa shape index (κ3) is 2.07. The Morgan fingerprint density at radius 1 is 1.59 bits per heavy atom. The number of halogens is 1. The minimum absolute atomic E-state index is 0.0205. The van der Waals surface area contributed by atoms with Crippen molar-refractivity contribution in [1.29, 1.82) is 0 Å². The molecule has 1 saturated heterocycles. The molecule has 17 heavy (non-hydrogen) atoms. The zero-order valence-corrected chi connectivity index (χ0v) is 10.6. The van der Waals surface area contributed by atoms with E-state index < -0.39 is 0 Å². The van der Waals surface area contributed by atoms with Crippen LogP contribution in [-0.4, -0.2) is 40.0 Å². The standard InChI is InChI=1S/C10H11ClN4OS/c11-10-12-4-7-9(14-10)15-1-2-17-5-6(15)3-8(16)13-7/h4,6H,1-3,5H2,(H,13,16). The molecule has 2 aliphatic rings. The Morgan fingerprint density at radius 3 is 3.35 bits per heavy atom. The molecule has 0 bridgehead atoms. The van der Waals surface area contributed by atoms with Crippen LogP contribution >= 0.6 is 23.4 Å². The number of nitrogens with zero attached hydrogens (tertiary/aromatic N) is 3. The first-order valence-electron chi connectivity index (χ1n) is 5.41. The van der Waals surface area contributed by atoms with Crippen molar-refractivity contribution in [3.8, 4) is 0 Å². The number of nitrogens with one attached hydrogen (secondary N) is 1. The lowest BCUT2D eigenvalue weighted by molar-refractivity contribution is -0.116. The van der Waals surface area contributed by atoms with E-state index >= 15 is 0 Å². The molecule has 1 atom stereocenters. The highest BCUT2D eigenvalue weighted by Gasteiger charge is 2.31. The first-order valence-corrected chi connectivity index (χ1v) is 6.94. The molecule has 0 radical (unpaired) electrons. The lowest BCUT2D eigenvalue weighted by Gasteiger charge is -2.34. The number of aromatic nitrogens is 2. The van der Waals surface area contributed by atoms with Crippen LogP contribution in [0.2, 0.25) is 5.28 Å². The molecular formula is C10H11ClN4OS. The highest BCUT2D eigenvalue weighted by molar-refractivity contribution is 7.99.